The van der Waals surface area contributed by atoms with Gasteiger partial charge >= 0.3 is 0 Å². The molecular weight excluding hydrogens is 204 g/mol. The van der Waals surface area contributed by atoms with Gasteiger partial charge in [0.25, 0.3) is 5.69 Å². The van der Waals surface area contributed by atoms with E-state index in [2.05, 4.69) is 5.32 Å². The van der Waals surface area contributed by atoms with Crippen LogP contribution in [0.25, 0.3) is 0 Å². The minimum absolute atomic E-state index is 0.0112. The van der Waals surface area contributed by atoms with E-state index in [1.807, 2.05) is 6.92 Å². The van der Waals surface area contributed by atoms with Crippen LogP contribution in [-0.4, -0.2) is 11.5 Å². The second kappa shape index (κ2) is 4.81. The first-order chi connectivity index (χ1) is 6.65. The molecule has 0 atom stereocenters. The lowest BCUT2D eigenvalue weighted by Crippen LogP contribution is -2.00. The highest BCUT2D eigenvalue weighted by Gasteiger charge is 2.08. The first kappa shape index (κ1) is 10.8. The highest BCUT2D eigenvalue weighted by Crippen LogP contribution is 2.26. The van der Waals surface area contributed by atoms with Crippen molar-refractivity contribution in [1.29, 1.82) is 0 Å². The number of rotatable bonds is 4. The molecule has 1 aromatic rings. The van der Waals surface area contributed by atoms with E-state index in [0.29, 0.717) is 5.02 Å². The van der Waals surface area contributed by atoms with E-state index in [1.54, 1.807) is 6.07 Å². The fourth-order valence-corrected chi connectivity index (χ4v) is 1.26. The van der Waals surface area contributed by atoms with Gasteiger partial charge in [-0.05, 0) is 12.5 Å². The first-order valence-corrected chi connectivity index (χ1v) is 4.70. The molecule has 0 radical (unpaired) electrons. The molecule has 0 unspecified atom stereocenters. The van der Waals surface area contributed by atoms with E-state index in [-0.39, 0.29) is 5.69 Å². The molecule has 14 heavy (non-hydrogen) atoms. The molecule has 0 aliphatic carbocycles. The largest absolute Gasteiger partial charge is 0.384 e. The van der Waals surface area contributed by atoms with Crippen molar-refractivity contribution in [3.8, 4) is 0 Å². The molecule has 0 aromatic heterocycles. The average Bonchev–Trinajstić information content (AvgIpc) is 2.15. The van der Waals surface area contributed by atoms with Crippen molar-refractivity contribution >= 4 is 23.0 Å². The fourth-order valence-electron chi connectivity index (χ4n) is 1.02. The Morgan fingerprint density at radius 1 is 1.57 bits per heavy atom. The summed E-state index contributed by atoms with van der Waals surface area (Å²) in [5.74, 6) is 0. The molecule has 5 heteroatoms. The normalized spacial score (nSPS) is 9.86. The molecule has 0 fully saturated rings. The van der Waals surface area contributed by atoms with Gasteiger partial charge in [0.1, 0.15) is 0 Å². The van der Waals surface area contributed by atoms with E-state index in [1.165, 1.54) is 12.1 Å². The number of nitro groups is 1. The summed E-state index contributed by atoms with van der Waals surface area (Å²) >= 11 is 5.84. The quantitative estimate of drug-likeness (QED) is 0.619. The number of hydrogen-bond acceptors (Lipinski definition) is 3. The van der Waals surface area contributed by atoms with Crippen molar-refractivity contribution in [3.05, 3.63) is 33.3 Å². The Morgan fingerprint density at radius 3 is 2.79 bits per heavy atom. The van der Waals surface area contributed by atoms with Crippen LogP contribution < -0.4 is 5.32 Å². The summed E-state index contributed by atoms with van der Waals surface area (Å²) in [6.45, 7) is 2.84. The maximum Gasteiger partial charge on any atom is 0.271 e. The third-order valence-electron chi connectivity index (χ3n) is 1.73. The molecular formula is C9H11ClN2O2. The van der Waals surface area contributed by atoms with Crippen LogP contribution >= 0.6 is 11.6 Å². The van der Waals surface area contributed by atoms with Crippen LogP contribution in [-0.2, 0) is 0 Å². The highest BCUT2D eigenvalue weighted by atomic mass is 35.5. The topological polar surface area (TPSA) is 55.2 Å². The van der Waals surface area contributed by atoms with E-state index in [9.17, 15) is 10.1 Å². The number of nitro benzene ring substituents is 1. The lowest BCUT2D eigenvalue weighted by Gasteiger charge is -2.05. The number of nitrogens with one attached hydrogen (secondary N) is 1. The number of halogens is 1. The summed E-state index contributed by atoms with van der Waals surface area (Å²) in [6.07, 6.45) is 0.979. The van der Waals surface area contributed by atoms with Crippen LogP contribution in [0.5, 0.6) is 0 Å². The van der Waals surface area contributed by atoms with Crippen LogP contribution in [0.1, 0.15) is 13.3 Å². The van der Waals surface area contributed by atoms with E-state index in [4.69, 9.17) is 11.6 Å². The van der Waals surface area contributed by atoms with E-state index >= 15 is 0 Å². The van der Waals surface area contributed by atoms with Crippen LogP contribution in [0.3, 0.4) is 0 Å². The van der Waals surface area contributed by atoms with Crippen molar-refractivity contribution in [1.82, 2.24) is 0 Å². The summed E-state index contributed by atoms with van der Waals surface area (Å²) in [5, 5.41) is 13.9. The molecule has 0 amide bonds. The Balaban J connectivity index is 2.84. The molecule has 0 spiro atoms. The Hall–Kier alpha value is -1.29. The van der Waals surface area contributed by atoms with Gasteiger partial charge in [-0.3, -0.25) is 10.1 Å². The van der Waals surface area contributed by atoms with Crippen LogP contribution in [0, 0.1) is 10.1 Å². The SMILES string of the molecule is CCCNc1ccc([N+](=O)[O-])cc1Cl. The molecule has 0 saturated carbocycles. The number of benzene rings is 1. The molecule has 0 aliphatic heterocycles. The van der Waals surface area contributed by atoms with Gasteiger partial charge in [0.2, 0.25) is 0 Å². The predicted octanol–water partition coefficient (Wildman–Crippen LogP) is 3.07. The van der Waals surface area contributed by atoms with E-state index in [0.717, 1.165) is 18.7 Å². The van der Waals surface area contributed by atoms with Gasteiger partial charge in [0, 0.05) is 18.7 Å². The zero-order valence-electron chi connectivity index (χ0n) is 7.79. The smallest absolute Gasteiger partial charge is 0.271 e. The van der Waals surface area contributed by atoms with Crippen molar-refractivity contribution in [2.75, 3.05) is 11.9 Å². The monoisotopic (exact) mass is 214 g/mol. The van der Waals surface area contributed by atoms with Gasteiger partial charge in [-0.2, -0.15) is 0 Å². The van der Waals surface area contributed by atoms with Gasteiger partial charge in [-0.15, -0.1) is 0 Å². The van der Waals surface area contributed by atoms with Crippen molar-refractivity contribution in [3.63, 3.8) is 0 Å². The zero-order chi connectivity index (χ0) is 10.6. The summed E-state index contributed by atoms with van der Waals surface area (Å²) in [6, 6.07) is 4.40. The molecule has 1 aromatic carbocycles. The lowest BCUT2D eigenvalue weighted by molar-refractivity contribution is -0.384. The Morgan fingerprint density at radius 2 is 2.29 bits per heavy atom. The maximum atomic E-state index is 10.4. The summed E-state index contributed by atoms with van der Waals surface area (Å²) in [4.78, 5) is 9.94. The Bertz CT molecular complexity index is 342. The Labute approximate surface area is 87.0 Å². The molecule has 0 saturated heterocycles. The fraction of sp³-hybridized carbons (Fsp3) is 0.333. The third-order valence-corrected chi connectivity index (χ3v) is 2.04. The van der Waals surface area contributed by atoms with Gasteiger partial charge in [0.05, 0.1) is 15.6 Å². The van der Waals surface area contributed by atoms with Gasteiger partial charge < -0.3 is 5.32 Å². The molecule has 0 heterocycles. The molecule has 1 N–H and O–H groups in total. The predicted molar refractivity (Wildman–Crippen MR) is 56.9 cm³/mol. The van der Waals surface area contributed by atoms with Crippen LogP contribution in [0.4, 0.5) is 11.4 Å². The summed E-state index contributed by atoms with van der Waals surface area (Å²) in [5.41, 5.74) is 0.746. The van der Waals surface area contributed by atoms with E-state index < -0.39 is 4.92 Å². The highest BCUT2D eigenvalue weighted by molar-refractivity contribution is 6.33. The summed E-state index contributed by atoms with van der Waals surface area (Å²) < 4.78 is 0. The molecule has 4 nitrogen and oxygen atoms in total. The van der Waals surface area contributed by atoms with Crippen molar-refractivity contribution < 1.29 is 4.92 Å². The van der Waals surface area contributed by atoms with Gasteiger partial charge in [0.15, 0.2) is 0 Å². The Kier molecular flexibility index (Phi) is 3.71. The first-order valence-electron chi connectivity index (χ1n) is 4.33. The maximum absolute atomic E-state index is 10.4. The minimum Gasteiger partial charge on any atom is -0.384 e. The number of nitrogens with zero attached hydrogens (tertiary/aromatic N) is 1. The minimum atomic E-state index is -0.463. The molecule has 1 rings (SSSR count). The molecule has 76 valence electrons. The van der Waals surface area contributed by atoms with Crippen LogP contribution in [0.15, 0.2) is 18.2 Å². The second-order valence-electron chi connectivity index (χ2n) is 2.85. The third kappa shape index (κ3) is 2.60. The summed E-state index contributed by atoms with van der Waals surface area (Å²) in [7, 11) is 0. The second-order valence-corrected chi connectivity index (χ2v) is 3.26. The van der Waals surface area contributed by atoms with Crippen molar-refractivity contribution in [2.45, 2.75) is 13.3 Å². The number of anilines is 1. The van der Waals surface area contributed by atoms with Gasteiger partial charge in [-0.1, -0.05) is 18.5 Å². The number of non-ortho nitro benzene ring substituents is 1. The van der Waals surface area contributed by atoms with Crippen molar-refractivity contribution in [2.24, 2.45) is 0 Å². The lowest BCUT2D eigenvalue weighted by atomic mass is 10.3. The standard InChI is InChI=1S/C9H11ClN2O2/c1-2-5-11-9-4-3-7(12(13)14)6-8(9)10/h3-4,6,11H,2,5H2,1H3. The molecule has 0 aliphatic rings. The number of hydrogen-bond donors (Lipinski definition) is 1. The van der Waals surface area contributed by atoms with Crippen LogP contribution in [0.2, 0.25) is 5.02 Å². The zero-order valence-corrected chi connectivity index (χ0v) is 8.54. The molecule has 0 bridgehead atoms. The average molecular weight is 215 g/mol. The van der Waals surface area contributed by atoms with Gasteiger partial charge in [-0.25, -0.2) is 0 Å².